The van der Waals surface area contributed by atoms with Crippen LogP contribution in [0.1, 0.15) is 18.1 Å². The summed E-state index contributed by atoms with van der Waals surface area (Å²) in [5.74, 6) is 0.819. The molecule has 3 aromatic carbocycles. The second kappa shape index (κ2) is 10.0. The van der Waals surface area contributed by atoms with Gasteiger partial charge in [-0.1, -0.05) is 40.2 Å². The van der Waals surface area contributed by atoms with Gasteiger partial charge in [-0.2, -0.15) is 0 Å². The van der Waals surface area contributed by atoms with Crippen LogP contribution in [-0.2, 0) is 16.1 Å². The zero-order valence-corrected chi connectivity index (χ0v) is 21.2. The van der Waals surface area contributed by atoms with Crippen LogP contribution in [-0.4, -0.2) is 44.7 Å². The molecule has 0 radical (unpaired) electrons. The lowest BCUT2D eigenvalue weighted by atomic mass is 10.0. The number of anilines is 1. The number of carbonyl (C=O) groups excluding carboxylic acids is 2. The van der Waals surface area contributed by atoms with Gasteiger partial charge in [-0.3, -0.25) is 9.59 Å². The highest BCUT2D eigenvalue weighted by Gasteiger charge is 2.34. The number of aryl methyl sites for hydroxylation is 1. The van der Waals surface area contributed by atoms with Crippen molar-refractivity contribution in [3.8, 4) is 11.5 Å². The number of likely N-dealkylation sites (N-methyl/N-ethyl adjacent to an activating group) is 1. The quantitative estimate of drug-likeness (QED) is 0.509. The van der Waals surface area contributed by atoms with Gasteiger partial charge in [-0.15, -0.1) is 0 Å². The number of methoxy groups -OCH3 is 1. The van der Waals surface area contributed by atoms with Gasteiger partial charge in [-0.05, 0) is 61.5 Å². The highest BCUT2D eigenvalue weighted by atomic mass is 79.9. The van der Waals surface area contributed by atoms with Crippen molar-refractivity contribution in [2.45, 2.75) is 32.5 Å². The monoisotopic (exact) mass is 525 g/mol. The van der Waals surface area contributed by atoms with Gasteiger partial charge in [0, 0.05) is 10.0 Å². The van der Waals surface area contributed by atoms with Gasteiger partial charge < -0.3 is 25.0 Å². The minimum Gasteiger partial charge on any atom is -0.496 e. The average Bonchev–Trinajstić information content (AvgIpc) is 2.96. The molecule has 34 heavy (non-hydrogen) atoms. The third-order valence-corrected chi connectivity index (χ3v) is 6.66. The fourth-order valence-electron chi connectivity index (χ4n) is 4.13. The lowest BCUT2D eigenvalue weighted by Crippen LogP contribution is -2.53. The van der Waals surface area contributed by atoms with E-state index in [4.69, 9.17) is 9.47 Å². The number of ether oxygens (including phenoxy) is 2. The van der Waals surface area contributed by atoms with Gasteiger partial charge in [0.1, 0.15) is 24.1 Å². The number of nitrogens with one attached hydrogen (secondary N) is 2. The summed E-state index contributed by atoms with van der Waals surface area (Å²) >= 11 is 3.53. The number of halogens is 1. The lowest BCUT2D eigenvalue weighted by molar-refractivity contribution is -0.129. The molecule has 2 unspecified atom stereocenters. The second-order valence-electron chi connectivity index (χ2n) is 8.34. The molecule has 8 heteroatoms. The SMILES string of the molecule is CNC(C)C(=O)NC1COc2c(C)cccc2N(Cc2c(OC)ccc3cc(Br)ccc23)C1=O. The smallest absolute Gasteiger partial charge is 0.253 e. The van der Waals surface area contributed by atoms with Crippen LogP contribution < -0.4 is 25.0 Å². The highest BCUT2D eigenvalue weighted by Crippen LogP contribution is 2.38. The predicted octanol–water partition coefficient (Wildman–Crippen LogP) is 3.94. The van der Waals surface area contributed by atoms with Gasteiger partial charge in [0.25, 0.3) is 5.91 Å². The van der Waals surface area contributed by atoms with E-state index in [-0.39, 0.29) is 25.0 Å². The number of hydrogen-bond acceptors (Lipinski definition) is 5. The number of amides is 2. The Labute approximate surface area is 207 Å². The lowest BCUT2D eigenvalue weighted by Gasteiger charge is -2.27. The maximum atomic E-state index is 13.8. The fourth-order valence-corrected chi connectivity index (χ4v) is 4.51. The van der Waals surface area contributed by atoms with E-state index in [2.05, 4.69) is 26.6 Å². The first kappa shape index (κ1) is 24.0. The summed E-state index contributed by atoms with van der Waals surface area (Å²) in [6.07, 6.45) is 0. The van der Waals surface area contributed by atoms with Gasteiger partial charge in [0.15, 0.2) is 0 Å². The van der Waals surface area contributed by atoms with E-state index in [1.165, 1.54) is 0 Å². The molecule has 0 saturated heterocycles. The van der Waals surface area contributed by atoms with Crippen LogP contribution in [0.4, 0.5) is 5.69 Å². The molecule has 178 valence electrons. The van der Waals surface area contributed by atoms with Crippen LogP contribution in [0.3, 0.4) is 0 Å². The minimum absolute atomic E-state index is 0.0506. The summed E-state index contributed by atoms with van der Waals surface area (Å²) < 4.78 is 12.7. The molecule has 1 aliphatic heterocycles. The van der Waals surface area contributed by atoms with Crippen molar-refractivity contribution in [1.29, 1.82) is 0 Å². The molecule has 1 heterocycles. The molecule has 0 saturated carbocycles. The molecule has 2 atom stereocenters. The first-order chi connectivity index (χ1) is 16.3. The van der Waals surface area contributed by atoms with Crippen LogP contribution in [0.5, 0.6) is 11.5 Å². The normalized spacial score (nSPS) is 16.4. The van der Waals surface area contributed by atoms with E-state index < -0.39 is 12.1 Å². The van der Waals surface area contributed by atoms with Crippen molar-refractivity contribution < 1.29 is 19.1 Å². The Kier molecular flexibility index (Phi) is 7.09. The third kappa shape index (κ3) is 4.60. The molecular formula is C26H28BrN3O4. The summed E-state index contributed by atoms with van der Waals surface area (Å²) in [5, 5.41) is 7.77. The van der Waals surface area contributed by atoms with Crippen molar-refractivity contribution in [2.24, 2.45) is 0 Å². The summed E-state index contributed by atoms with van der Waals surface area (Å²) in [4.78, 5) is 28.1. The Morgan fingerprint density at radius 1 is 1.26 bits per heavy atom. The summed E-state index contributed by atoms with van der Waals surface area (Å²) in [6.45, 7) is 4.00. The molecule has 0 aromatic heterocycles. The molecule has 3 aromatic rings. The Balaban J connectivity index is 1.80. The molecule has 4 rings (SSSR count). The fraction of sp³-hybridized carbons (Fsp3) is 0.308. The number of hydrogen-bond donors (Lipinski definition) is 2. The molecule has 0 bridgehead atoms. The number of carbonyl (C=O) groups is 2. The number of para-hydroxylation sites is 1. The molecule has 7 nitrogen and oxygen atoms in total. The Hall–Kier alpha value is -3.10. The molecule has 0 aliphatic carbocycles. The average molecular weight is 526 g/mol. The van der Waals surface area contributed by atoms with Gasteiger partial charge in [-0.25, -0.2) is 0 Å². The summed E-state index contributed by atoms with van der Waals surface area (Å²) in [5.41, 5.74) is 2.46. The Morgan fingerprint density at radius 3 is 2.79 bits per heavy atom. The molecular weight excluding hydrogens is 498 g/mol. The van der Waals surface area contributed by atoms with Crippen molar-refractivity contribution >= 4 is 44.2 Å². The maximum absolute atomic E-state index is 13.8. The van der Waals surface area contributed by atoms with E-state index in [0.29, 0.717) is 17.2 Å². The van der Waals surface area contributed by atoms with Crippen molar-refractivity contribution in [3.63, 3.8) is 0 Å². The molecule has 2 N–H and O–H groups in total. The van der Waals surface area contributed by atoms with E-state index >= 15 is 0 Å². The van der Waals surface area contributed by atoms with Crippen molar-refractivity contribution in [3.05, 3.63) is 64.1 Å². The highest BCUT2D eigenvalue weighted by molar-refractivity contribution is 9.10. The molecule has 0 spiro atoms. The number of benzene rings is 3. The Bertz CT molecular complexity index is 1250. The van der Waals surface area contributed by atoms with E-state index in [0.717, 1.165) is 26.4 Å². The first-order valence-corrected chi connectivity index (χ1v) is 11.9. The van der Waals surface area contributed by atoms with E-state index in [1.54, 1.807) is 26.0 Å². The molecule has 2 amide bonds. The third-order valence-electron chi connectivity index (χ3n) is 6.17. The topological polar surface area (TPSA) is 79.9 Å². The number of nitrogens with zero attached hydrogens (tertiary/aromatic N) is 1. The maximum Gasteiger partial charge on any atom is 0.253 e. The van der Waals surface area contributed by atoms with Crippen molar-refractivity contribution in [2.75, 3.05) is 25.7 Å². The predicted molar refractivity (Wildman–Crippen MR) is 137 cm³/mol. The standard InChI is InChI=1S/C26H28BrN3O4/c1-15-6-5-7-22-24(15)34-14-21(29-25(31)16(2)28-3)26(32)30(22)13-20-19-10-9-18(27)12-17(19)8-11-23(20)33-4/h5-12,16,21,28H,13-14H2,1-4H3,(H,29,31). The van der Waals surface area contributed by atoms with Crippen molar-refractivity contribution in [1.82, 2.24) is 10.6 Å². The van der Waals surface area contributed by atoms with Crippen LogP contribution in [0.15, 0.2) is 53.0 Å². The summed E-state index contributed by atoms with van der Waals surface area (Å²) in [6, 6.07) is 14.4. The zero-order chi connectivity index (χ0) is 24.4. The van der Waals surface area contributed by atoms with Gasteiger partial charge >= 0.3 is 0 Å². The first-order valence-electron chi connectivity index (χ1n) is 11.1. The van der Waals surface area contributed by atoms with Crippen LogP contribution in [0.25, 0.3) is 10.8 Å². The Morgan fingerprint density at radius 2 is 2.06 bits per heavy atom. The number of fused-ring (bicyclic) bond motifs is 2. The van der Waals surface area contributed by atoms with Gasteiger partial charge in [0.2, 0.25) is 5.91 Å². The van der Waals surface area contributed by atoms with Gasteiger partial charge in [0.05, 0.1) is 25.4 Å². The van der Waals surface area contributed by atoms with Crippen LogP contribution >= 0.6 is 15.9 Å². The minimum atomic E-state index is -0.829. The van der Waals surface area contributed by atoms with Crippen LogP contribution in [0, 0.1) is 6.92 Å². The van der Waals surface area contributed by atoms with E-state index in [9.17, 15) is 9.59 Å². The second-order valence-corrected chi connectivity index (χ2v) is 9.26. The molecule has 0 fully saturated rings. The molecule has 1 aliphatic rings. The van der Waals surface area contributed by atoms with Crippen LogP contribution in [0.2, 0.25) is 0 Å². The van der Waals surface area contributed by atoms with E-state index in [1.807, 2.05) is 55.5 Å². The number of rotatable bonds is 6. The largest absolute Gasteiger partial charge is 0.496 e. The summed E-state index contributed by atoms with van der Waals surface area (Å²) in [7, 11) is 3.32. The zero-order valence-electron chi connectivity index (χ0n) is 19.6.